The number of guanidine groups is 1. The van der Waals surface area contributed by atoms with Crippen molar-refractivity contribution >= 4 is 16.0 Å². The summed E-state index contributed by atoms with van der Waals surface area (Å²) < 4.78 is 30.8. The third kappa shape index (κ3) is 5.82. The molecule has 3 rings (SSSR count). The molecule has 0 unspecified atom stereocenters. The van der Waals surface area contributed by atoms with E-state index in [1.165, 1.54) is 19.1 Å². The fourth-order valence-corrected chi connectivity index (χ4v) is 4.68. The van der Waals surface area contributed by atoms with Crippen LogP contribution >= 0.6 is 0 Å². The van der Waals surface area contributed by atoms with Crippen LogP contribution in [0.5, 0.6) is 0 Å². The topological polar surface area (TPSA) is 74.2 Å². The Labute approximate surface area is 158 Å². The van der Waals surface area contributed by atoms with Gasteiger partial charge in [0.25, 0.3) is 0 Å². The SMILES string of the molecule is CN=C(NCC1CCN(S(C)(=O)=O)CC1)N1CCC(OCC2CC2)CC1. The highest BCUT2D eigenvalue weighted by Gasteiger charge is 2.27. The van der Waals surface area contributed by atoms with Gasteiger partial charge >= 0.3 is 0 Å². The summed E-state index contributed by atoms with van der Waals surface area (Å²) >= 11 is 0. The number of hydrogen-bond donors (Lipinski definition) is 1. The quantitative estimate of drug-likeness (QED) is 0.547. The molecule has 0 aromatic heterocycles. The van der Waals surface area contributed by atoms with Gasteiger partial charge in [0, 0.05) is 46.4 Å². The minimum atomic E-state index is -3.04. The van der Waals surface area contributed by atoms with E-state index < -0.39 is 10.0 Å². The number of ether oxygens (including phenoxy) is 1. The molecule has 1 saturated carbocycles. The molecule has 0 aromatic rings. The van der Waals surface area contributed by atoms with E-state index in [1.807, 2.05) is 7.05 Å². The van der Waals surface area contributed by atoms with Gasteiger partial charge in [-0.3, -0.25) is 4.99 Å². The highest BCUT2D eigenvalue weighted by Crippen LogP contribution is 2.30. The fraction of sp³-hybridized carbons (Fsp3) is 0.944. The fourth-order valence-electron chi connectivity index (χ4n) is 3.80. The number of piperidine rings is 2. The van der Waals surface area contributed by atoms with Gasteiger partial charge in [-0.25, -0.2) is 12.7 Å². The first-order valence-electron chi connectivity index (χ1n) is 9.98. The Bertz CT molecular complexity index is 575. The van der Waals surface area contributed by atoms with E-state index in [0.717, 1.165) is 63.8 Å². The molecule has 2 saturated heterocycles. The third-order valence-electron chi connectivity index (χ3n) is 5.81. The first kappa shape index (κ1) is 19.9. The van der Waals surface area contributed by atoms with E-state index in [2.05, 4.69) is 15.2 Å². The Hall–Kier alpha value is -0.860. The van der Waals surface area contributed by atoms with Crippen molar-refractivity contribution in [1.82, 2.24) is 14.5 Å². The molecule has 0 amide bonds. The summed E-state index contributed by atoms with van der Waals surface area (Å²) in [6, 6.07) is 0. The molecular weight excluding hydrogens is 352 g/mol. The standard InChI is InChI=1S/C18H34N4O3S/c1-19-18(20-13-15-5-11-22(12-6-15)26(2,23)24)21-9-7-17(8-10-21)25-14-16-3-4-16/h15-17H,3-14H2,1-2H3,(H,19,20). The molecule has 0 atom stereocenters. The molecule has 2 heterocycles. The molecule has 1 N–H and O–H groups in total. The van der Waals surface area contributed by atoms with E-state index in [-0.39, 0.29) is 0 Å². The number of hydrogen-bond acceptors (Lipinski definition) is 4. The Morgan fingerprint density at radius 3 is 2.23 bits per heavy atom. The lowest BCUT2D eigenvalue weighted by atomic mass is 9.98. The first-order valence-corrected chi connectivity index (χ1v) is 11.8. The number of sulfonamides is 1. The number of rotatable bonds is 6. The zero-order chi connectivity index (χ0) is 18.6. The van der Waals surface area contributed by atoms with Gasteiger partial charge in [0.05, 0.1) is 12.4 Å². The van der Waals surface area contributed by atoms with Crippen LogP contribution in [0.3, 0.4) is 0 Å². The van der Waals surface area contributed by atoms with Gasteiger partial charge in [-0.2, -0.15) is 0 Å². The summed E-state index contributed by atoms with van der Waals surface area (Å²) in [5, 5.41) is 3.50. The lowest BCUT2D eigenvalue weighted by Gasteiger charge is -2.35. The van der Waals surface area contributed by atoms with Crippen LogP contribution in [0.4, 0.5) is 0 Å². The van der Waals surface area contributed by atoms with Crippen molar-refractivity contribution in [3.63, 3.8) is 0 Å². The minimum Gasteiger partial charge on any atom is -0.378 e. The predicted molar refractivity (Wildman–Crippen MR) is 104 cm³/mol. The summed E-state index contributed by atoms with van der Waals surface area (Å²) in [6.07, 6.45) is 8.36. The Morgan fingerprint density at radius 1 is 1.04 bits per heavy atom. The molecule has 7 nitrogen and oxygen atoms in total. The lowest BCUT2D eigenvalue weighted by Crippen LogP contribution is -2.49. The van der Waals surface area contributed by atoms with E-state index in [1.54, 1.807) is 4.31 Å². The Kier molecular flexibility index (Phi) is 6.80. The second-order valence-corrected chi connectivity index (χ2v) is 9.98. The average molecular weight is 387 g/mol. The maximum absolute atomic E-state index is 11.6. The van der Waals surface area contributed by atoms with Crippen molar-refractivity contribution in [2.24, 2.45) is 16.8 Å². The third-order valence-corrected chi connectivity index (χ3v) is 7.11. The zero-order valence-corrected chi connectivity index (χ0v) is 17.0. The van der Waals surface area contributed by atoms with Crippen molar-refractivity contribution in [2.45, 2.75) is 44.6 Å². The van der Waals surface area contributed by atoms with E-state index in [4.69, 9.17) is 4.74 Å². The van der Waals surface area contributed by atoms with Gasteiger partial charge in [0.1, 0.15) is 0 Å². The van der Waals surface area contributed by atoms with E-state index >= 15 is 0 Å². The monoisotopic (exact) mass is 386 g/mol. The highest BCUT2D eigenvalue weighted by molar-refractivity contribution is 7.88. The normalized spacial score (nSPS) is 24.8. The van der Waals surface area contributed by atoms with Gasteiger partial charge in [0.15, 0.2) is 5.96 Å². The number of likely N-dealkylation sites (tertiary alicyclic amines) is 1. The summed E-state index contributed by atoms with van der Waals surface area (Å²) in [6.45, 7) is 5.05. The largest absolute Gasteiger partial charge is 0.378 e. The van der Waals surface area contributed by atoms with Crippen molar-refractivity contribution in [3.8, 4) is 0 Å². The molecule has 0 aromatic carbocycles. The molecule has 0 radical (unpaired) electrons. The second-order valence-electron chi connectivity index (χ2n) is 8.00. The molecule has 0 spiro atoms. The van der Waals surface area contributed by atoms with Crippen LogP contribution in [0.25, 0.3) is 0 Å². The molecule has 150 valence electrons. The number of aliphatic imine (C=N–C) groups is 1. The molecule has 3 fully saturated rings. The van der Waals surface area contributed by atoms with Gasteiger partial charge in [-0.1, -0.05) is 0 Å². The minimum absolute atomic E-state index is 0.408. The molecule has 1 aliphatic carbocycles. The second kappa shape index (κ2) is 8.89. The first-order chi connectivity index (χ1) is 12.5. The summed E-state index contributed by atoms with van der Waals surface area (Å²) in [5.74, 6) is 2.30. The van der Waals surface area contributed by atoms with Crippen LogP contribution in [-0.2, 0) is 14.8 Å². The Morgan fingerprint density at radius 2 is 1.69 bits per heavy atom. The molecule has 2 aliphatic heterocycles. The molecular formula is C18H34N4O3S. The molecule has 3 aliphatic rings. The molecule has 8 heteroatoms. The van der Waals surface area contributed by atoms with Crippen LogP contribution in [0, 0.1) is 11.8 Å². The maximum atomic E-state index is 11.6. The zero-order valence-electron chi connectivity index (χ0n) is 16.2. The van der Waals surface area contributed by atoms with Gasteiger partial charge in [-0.15, -0.1) is 0 Å². The smallest absolute Gasteiger partial charge is 0.211 e. The van der Waals surface area contributed by atoms with Gasteiger partial charge in [0.2, 0.25) is 10.0 Å². The highest BCUT2D eigenvalue weighted by atomic mass is 32.2. The van der Waals surface area contributed by atoms with Crippen LogP contribution in [0.15, 0.2) is 4.99 Å². The van der Waals surface area contributed by atoms with Gasteiger partial charge < -0.3 is 15.0 Å². The average Bonchev–Trinajstić information content (AvgIpc) is 3.45. The summed E-state index contributed by atoms with van der Waals surface area (Å²) in [5.41, 5.74) is 0. The van der Waals surface area contributed by atoms with Crippen LogP contribution in [0.1, 0.15) is 38.5 Å². The van der Waals surface area contributed by atoms with Crippen LogP contribution in [0.2, 0.25) is 0 Å². The van der Waals surface area contributed by atoms with E-state index in [0.29, 0.717) is 25.1 Å². The molecule has 26 heavy (non-hydrogen) atoms. The van der Waals surface area contributed by atoms with Crippen molar-refractivity contribution in [1.29, 1.82) is 0 Å². The van der Waals surface area contributed by atoms with Gasteiger partial charge in [-0.05, 0) is 50.4 Å². The Balaban J connectivity index is 1.36. The molecule has 0 bridgehead atoms. The van der Waals surface area contributed by atoms with Crippen molar-refractivity contribution in [3.05, 3.63) is 0 Å². The summed E-state index contributed by atoms with van der Waals surface area (Å²) in [4.78, 5) is 6.77. The van der Waals surface area contributed by atoms with Crippen LogP contribution < -0.4 is 5.32 Å². The number of nitrogens with zero attached hydrogens (tertiary/aromatic N) is 3. The van der Waals surface area contributed by atoms with E-state index in [9.17, 15) is 8.42 Å². The maximum Gasteiger partial charge on any atom is 0.211 e. The van der Waals surface area contributed by atoms with Crippen molar-refractivity contribution in [2.75, 3.05) is 52.6 Å². The van der Waals surface area contributed by atoms with Crippen molar-refractivity contribution < 1.29 is 13.2 Å². The number of nitrogens with one attached hydrogen (secondary N) is 1. The lowest BCUT2D eigenvalue weighted by molar-refractivity contribution is 0.0130. The summed E-state index contributed by atoms with van der Waals surface area (Å²) in [7, 11) is -1.21. The van der Waals surface area contributed by atoms with Crippen LogP contribution in [-0.4, -0.2) is 82.3 Å². The predicted octanol–water partition coefficient (Wildman–Crippen LogP) is 1.12.